The number of hydrogen-bond donors (Lipinski definition) is 1. The largest absolute Gasteiger partial charge is 0.380 e. The quantitative estimate of drug-likeness (QED) is 0.568. The highest BCUT2D eigenvalue weighted by molar-refractivity contribution is 4.54. The number of rotatable bonds is 5. The Morgan fingerprint density at radius 3 is 2.56 bits per heavy atom. The fourth-order valence-electron chi connectivity index (χ4n) is 0.497. The number of ether oxygens (including phenoxy) is 1. The highest BCUT2D eigenvalue weighted by Gasteiger charge is 1.95. The first-order valence-corrected chi connectivity index (χ1v) is 3.64. The summed E-state index contributed by atoms with van der Waals surface area (Å²) in [4.78, 5) is 0. The second-order valence-electron chi connectivity index (χ2n) is 2.24. The molecule has 0 aromatic rings. The molecule has 0 aliphatic heterocycles. The molecule has 0 heterocycles. The van der Waals surface area contributed by atoms with Crippen molar-refractivity contribution in [3.63, 3.8) is 0 Å². The smallest absolute Gasteiger partial charge is 0.0617 e. The minimum Gasteiger partial charge on any atom is -0.380 e. The average Bonchev–Trinajstić information content (AvgIpc) is 1.89. The third kappa shape index (κ3) is 5.80. The highest BCUT2D eigenvalue weighted by atomic mass is 16.5. The van der Waals surface area contributed by atoms with Crippen LogP contribution in [-0.4, -0.2) is 19.3 Å². The van der Waals surface area contributed by atoms with E-state index in [1.165, 1.54) is 0 Å². The van der Waals surface area contributed by atoms with Crippen molar-refractivity contribution >= 4 is 0 Å². The van der Waals surface area contributed by atoms with Crippen LogP contribution < -0.4 is 5.73 Å². The summed E-state index contributed by atoms with van der Waals surface area (Å²) in [6.07, 6.45) is 2.08. The predicted octanol–water partition coefficient (Wildman–Crippen LogP) is 1.15. The van der Waals surface area contributed by atoms with Gasteiger partial charge in [-0.2, -0.15) is 0 Å². The average molecular weight is 131 g/mol. The van der Waals surface area contributed by atoms with Crippen LogP contribution in [0.15, 0.2) is 0 Å². The van der Waals surface area contributed by atoms with Crippen LogP contribution in [0.4, 0.5) is 0 Å². The van der Waals surface area contributed by atoms with Gasteiger partial charge in [0.2, 0.25) is 0 Å². The van der Waals surface area contributed by atoms with E-state index in [9.17, 15) is 0 Å². The third-order valence-electron chi connectivity index (χ3n) is 1.20. The van der Waals surface area contributed by atoms with Crippen LogP contribution in [-0.2, 0) is 4.74 Å². The third-order valence-corrected chi connectivity index (χ3v) is 1.20. The van der Waals surface area contributed by atoms with Gasteiger partial charge in [-0.3, -0.25) is 0 Å². The fraction of sp³-hybridized carbons (Fsp3) is 1.00. The van der Waals surface area contributed by atoms with E-state index in [4.69, 9.17) is 10.5 Å². The normalized spacial score (nSPS) is 13.7. The van der Waals surface area contributed by atoms with E-state index in [1.54, 1.807) is 0 Å². The monoisotopic (exact) mass is 131 g/mol. The Hall–Kier alpha value is -0.0800. The van der Waals surface area contributed by atoms with Gasteiger partial charge < -0.3 is 10.5 Å². The van der Waals surface area contributed by atoms with Gasteiger partial charge >= 0.3 is 0 Å². The van der Waals surface area contributed by atoms with Crippen LogP contribution in [0.2, 0.25) is 0 Å². The Balaban J connectivity index is 2.88. The molecule has 0 fully saturated rings. The first kappa shape index (κ1) is 8.92. The summed E-state index contributed by atoms with van der Waals surface area (Å²) in [6.45, 7) is 5.72. The fourth-order valence-corrected chi connectivity index (χ4v) is 0.497. The van der Waals surface area contributed by atoms with E-state index < -0.39 is 0 Å². The van der Waals surface area contributed by atoms with Crippen molar-refractivity contribution in [2.24, 2.45) is 5.73 Å². The van der Waals surface area contributed by atoms with Gasteiger partial charge in [0.15, 0.2) is 0 Å². The zero-order valence-corrected chi connectivity index (χ0v) is 6.39. The van der Waals surface area contributed by atoms with E-state index in [2.05, 4.69) is 13.8 Å². The van der Waals surface area contributed by atoms with Crippen molar-refractivity contribution in [3.8, 4) is 0 Å². The van der Waals surface area contributed by atoms with Crippen LogP contribution in [0.25, 0.3) is 0 Å². The maximum absolute atomic E-state index is 5.59. The predicted molar refractivity (Wildman–Crippen MR) is 39.4 cm³/mol. The molecule has 0 aliphatic rings. The molecule has 0 aromatic carbocycles. The van der Waals surface area contributed by atoms with Gasteiger partial charge in [-0.15, -0.1) is 0 Å². The lowest BCUT2D eigenvalue weighted by Crippen LogP contribution is -2.25. The molecular formula is C7H17NO. The van der Waals surface area contributed by atoms with E-state index in [0.29, 0.717) is 6.61 Å². The zero-order chi connectivity index (χ0) is 7.11. The summed E-state index contributed by atoms with van der Waals surface area (Å²) in [5.41, 5.74) is 5.59. The second-order valence-corrected chi connectivity index (χ2v) is 2.24. The van der Waals surface area contributed by atoms with Crippen LogP contribution >= 0.6 is 0 Å². The standard InChI is InChI=1S/C7H17NO/c1-3-5-9-6-7(8)4-2/h7H,3-6,8H2,1-2H3. The summed E-state index contributed by atoms with van der Waals surface area (Å²) in [5.74, 6) is 0. The number of nitrogens with two attached hydrogens (primary N) is 1. The van der Waals surface area contributed by atoms with E-state index in [0.717, 1.165) is 19.4 Å². The molecule has 0 rings (SSSR count). The van der Waals surface area contributed by atoms with Crippen molar-refractivity contribution in [2.75, 3.05) is 13.2 Å². The molecule has 0 bridgehead atoms. The molecule has 9 heavy (non-hydrogen) atoms. The molecule has 0 radical (unpaired) electrons. The molecule has 0 saturated carbocycles. The van der Waals surface area contributed by atoms with E-state index in [1.807, 2.05) is 0 Å². The Bertz CT molecular complexity index is 56.9. The van der Waals surface area contributed by atoms with Crippen LogP contribution in [0.5, 0.6) is 0 Å². The summed E-state index contributed by atoms with van der Waals surface area (Å²) in [5, 5.41) is 0. The second kappa shape index (κ2) is 6.05. The van der Waals surface area contributed by atoms with Crippen LogP contribution in [0.3, 0.4) is 0 Å². The van der Waals surface area contributed by atoms with Gasteiger partial charge in [0, 0.05) is 12.6 Å². The molecule has 0 aliphatic carbocycles. The van der Waals surface area contributed by atoms with Crippen molar-refractivity contribution in [1.82, 2.24) is 0 Å². The summed E-state index contributed by atoms with van der Waals surface area (Å²) >= 11 is 0. The minimum absolute atomic E-state index is 0.233. The highest BCUT2D eigenvalue weighted by Crippen LogP contribution is 1.87. The lowest BCUT2D eigenvalue weighted by Gasteiger charge is -2.07. The van der Waals surface area contributed by atoms with Gasteiger partial charge in [0.1, 0.15) is 0 Å². The lowest BCUT2D eigenvalue weighted by molar-refractivity contribution is 0.120. The Kier molecular flexibility index (Phi) is 5.99. The van der Waals surface area contributed by atoms with E-state index in [-0.39, 0.29) is 6.04 Å². The van der Waals surface area contributed by atoms with Crippen molar-refractivity contribution < 1.29 is 4.74 Å². The SMILES string of the molecule is CCCOCC(N)CC. The molecule has 2 nitrogen and oxygen atoms in total. The maximum atomic E-state index is 5.59. The Labute approximate surface area is 57.4 Å². The van der Waals surface area contributed by atoms with Crippen LogP contribution in [0.1, 0.15) is 26.7 Å². The van der Waals surface area contributed by atoms with E-state index >= 15 is 0 Å². The first-order chi connectivity index (χ1) is 4.31. The molecule has 0 amide bonds. The van der Waals surface area contributed by atoms with Crippen LogP contribution in [0, 0.1) is 0 Å². The molecule has 0 spiro atoms. The van der Waals surface area contributed by atoms with Crippen molar-refractivity contribution in [2.45, 2.75) is 32.7 Å². The molecule has 2 N–H and O–H groups in total. The van der Waals surface area contributed by atoms with Gasteiger partial charge in [0.05, 0.1) is 6.61 Å². The molecule has 0 saturated heterocycles. The topological polar surface area (TPSA) is 35.2 Å². The van der Waals surface area contributed by atoms with Gasteiger partial charge in [0.25, 0.3) is 0 Å². The Morgan fingerprint density at radius 1 is 1.44 bits per heavy atom. The molecule has 0 aromatic heterocycles. The molecule has 1 unspecified atom stereocenters. The molecule has 2 heteroatoms. The van der Waals surface area contributed by atoms with Crippen molar-refractivity contribution in [3.05, 3.63) is 0 Å². The van der Waals surface area contributed by atoms with Crippen molar-refractivity contribution in [1.29, 1.82) is 0 Å². The molecule has 56 valence electrons. The number of hydrogen-bond acceptors (Lipinski definition) is 2. The molecule has 1 atom stereocenters. The first-order valence-electron chi connectivity index (χ1n) is 3.64. The van der Waals surface area contributed by atoms with Gasteiger partial charge in [-0.25, -0.2) is 0 Å². The van der Waals surface area contributed by atoms with Gasteiger partial charge in [-0.1, -0.05) is 13.8 Å². The summed E-state index contributed by atoms with van der Waals surface area (Å²) in [6, 6.07) is 0.233. The minimum atomic E-state index is 0.233. The maximum Gasteiger partial charge on any atom is 0.0617 e. The molecular weight excluding hydrogens is 114 g/mol. The summed E-state index contributed by atoms with van der Waals surface area (Å²) < 4.78 is 5.21. The van der Waals surface area contributed by atoms with Gasteiger partial charge in [-0.05, 0) is 12.8 Å². The lowest BCUT2D eigenvalue weighted by atomic mass is 10.3. The summed E-state index contributed by atoms with van der Waals surface area (Å²) in [7, 11) is 0. The Morgan fingerprint density at radius 2 is 2.11 bits per heavy atom. The zero-order valence-electron chi connectivity index (χ0n) is 6.39.